The average molecular weight is 286 g/mol. The number of hydrogen-bond donors (Lipinski definition) is 1. The molecule has 2 aliphatic carbocycles. The van der Waals surface area contributed by atoms with E-state index in [9.17, 15) is 5.11 Å². The molecule has 21 heavy (non-hydrogen) atoms. The van der Waals surface area contributed by atoms with Crippen LogP contribution in [-0.2, 0) is 5.60 Å². The second-order valence-electron chi connectivity index (χ2n) is 8.43. The third-order valence-electron chi connectivity index (χ3n) is 6.04. The number of aliphatic hydroxyl groups is 1. The van der Waals surface area contributed by atoms with E-state index in [-0.39, 0.29) is 0 Å². The fourth-order valence-corrected chi connectivity index (χ4v) is 4.07. The first-order chi connectivity index (χ1) is 9.88. The van der Waals surface area contributed by atoms with E-state index in [2.05, 4.69) is 45.0 Å². The lowest BCUT2D eigenvalue weighted by Gasteiger charge is -2.42. The predicted octanol–water partition coefficient (Wildman–Crippen LogP) is 5.38. The number of hydrogen-bond acceptors (Lipinski definition) is 1. The van der Waals surface area contributed by atoms with Gasteiger partial charge >= 0.3 is 0 Å². The monoisotopic (exact) mass is 286 g/mol. The smallest absolute Gasteiger partial charge is 0.0896 e. The highest BCUT2D eigenvalue weighted by molar-refractivity contribution is 5.31. The molecule has 116 valence electrons. The van der Waals surface area contributed by atoms with Gasteiger partial charge in [-0.25, -0.2) is 0 Å². The summed E-state index contributed by atoms with van der Waals surface area (Å²) in [6.07, 6.45) is 8.15. The summed E-state index contributed by atoms with van der Waals surface area (Å²) in [6.45, 7) is 7.00. The van der Waals surface area contributed by atoms with Crippen LogP contribution < -0.4 is 0 Å². The van der Waals surface area contributed by atoms with Gasteiger partial charge in [0.25, 0.3) is 0 Å². The first kappa shape index (κ1) is 15.1. The summed E-state index contributed by atoms with van der Waals surface area (Å²) in [7, 11) is 0. The topological polar surface area (TPSA) is 20.2 Å². The largest absolute Gasteiger partial charge is 0.385 e. The standard InChI is InChI=1S/C20H30O/c1-19(2,3)17-10-12-20(21,13-11-17)18-9-5-8-16(14-18)15-6-4-7-15/h5,8-9,14-15,17,21H,4,6-7,10-13H2,1-3H3. The van der Waals surface area contributed by atoms with Gasteiger partial charge in [0.15, 0.2) is 0 Å². The molecule has 2 fully saturated rings. The van der Waals surface area contributed by atoms with Crippen molar-refractivity contribution in [3.63, 3.8) is 0 Å². The lowest BCUT2D eigenvalue weighted by molar-refractivity contribution is -0.0298. The van der Waals surface area contributed by atoms with E-state index < -0.39 is 5.60 Å². The van der Waals surface area contributed by atoms with E-state index in [0.717, 1.165) is 37.5 Å². The summed E-state index contributed by atoms with van der Waals surface area (Å²) >= 11 is 0. The van der Waals surface area contributed by atoms with Crippen molar-refractivity contribution in [2.45, 2.75) is 77.2 Å². The molecule has 0 bridgehead atoms. The highest BCUT2D eigenvalue weighted by atomic mass is 16.3. The Labute approximate surface area is 129 Å². The molecular weight excluding hydrogens is 256 g/mol. The van der Waals surface area contributed by atoms with Crippen LogP contribution in [0.3, 0.4) is 0 Å². The summed E-state index contributed by atoms with van der Waals surface area (Å²) in [6, 6.07) is 8.83. The normalized spacial score (nSPS) is 31.0. The minimum atomic E-state index is -0.582. The molecule has 1 aromatic rings. The first-order valence-corrected chi connectivity index (χ1v) is 8.71. The Hall–Kier alpha value is -0.820. The molecule has 0 spiro atoms. The van der Waals surface area contributed by atoms with Crippen LogP contribution in [0.4, 0.5) is 0 Å². The summed E-state index contributed by atoms with van der Waals surface area (Å²) in [4.78, 5) is 0. The van der Waals surface area contributed by atoms with Crippen LogP contribution >= 0.6 is 0 Å². The van der Waals surface area contributed by atoms with Gasteiger partial charge in [-0.15, -0.1) is 0 Å². The molecule has 2 aliphatic rings. The first-order valence-electron chi connectivity index (χ1n) is 8.71. The van der Waals surface area contributed by atoms with E-state index in [1.54, 1.807) is 0 Å². The van der Waals surface area contributed by atoms with Gasteiger partial charge < -0.3 is 5.11 Å². The zero-order valence-electron chi connectivity index (χ0n) is 13.9. The maximum atomic E-state index is 11.1. The van der Waals surface area contributed by atoms with Gasteiger partial charge in [0, 0.05) is 0 Å². The molecule has 0 unspecified atom stereocenters. The van der Waals surface area contributed by atoms with Gasteiger partial charge in [-0.1, -0.05) is 51.5 Å². The Morgan fingerprint density at radius 1 is 1.05 bits per heavy atom. The lowest BCUT2D eigenvalue weighted by atomic mass is 9.66. The molecule has 0 atom stereocenters. The van der Waals surface area contributed by atoms with E-state index in [0.29, 0.717) is 5.41 Å². The minimum Gasteiger partial charge on any atom is -0.385 e. The van der Waals surface area contributed by atoms with E-state index in [1.807, 2.05) is 0 Å². The fourth-order valence-electron chi connectivity index (χ4n) is 4.07. The number of rotatable bonds is 2. The van der Waals surface area contributed by atoms with Crippen molar-refractivity contribution in [2.75, 3.05) is 0 Å². The average Bonchev–Trinajstić information content (AvgIpc) is 2.36. The van der Waals surface area contributed by atoms with Gasteiger partial charge in [0.2, 0.25) is 0 Å². The van der Waals surface area contributed by atoms with E-state index >= 15 is 0 Å². The molecule has 0 radical (unpaired) electrons. The zero-order chi connectivity index (χ0) is 15.1. The summed E-state index contributed by atoms with van der Waals surface area (Å²) in [5, 5.41) is 11.1. The molecule has 2 saturated carbocycles. The number of benzene rings is 1. The molecule has 0 aliphatic heterocycles. The van der Waals surface area contributed by atoms with E-state index in [1.165, 1.54) is 30.4 Å². The quantitative estimate of drug-likeness (QED) is 0.774. The van der Waals surface area contributed by atoms with Crippen LogP contribution in [0.1, 0.15) is 82.8 Å². The maximum Gasteiger partial charge on any atom is 0.0896 e. The summed E-state index contributed by atoms with van der Waals surface area (Å²) in [5.41, 5.74) is 2.40. The Morgan fingerprint density at radius 3 is 2.24 bits per heavy atom. The van der Waals surface area contributed by atoms with Gasteiger partial charge in [-0.3, -0.25) is 0 Å². The summed E-state index contributed by atoms with van der Waals surface area (Å²) < 4.78 is 0. The van der Waals surface area contributed by atoms with Crippen molar-refractivity contribution < 1.29 is 5.11 Å². The molecule has 1 heteroatoms. The van der Waals surface area contributed by atoms with Crippen molar-refractivity contribution >= 4 is 0 Å². The molecule has 1 nitrogen and oxygen atoms in total. The molecule has 0 heterocycles. The molecule has 0 amide bonds. The molecule has 3 rings (SSSR count). The SMILES string of the molecule is CC(C)(C)C1CCC(O)(c2cccc(C3CCC3)c2)CC1. The van der Waals surface area contributed by atoms with Gasteiger partial charge in [-0.2, -0.15) is 0 Å². The maximum absolute atomic E-state index is 11.1. The Kier molecular flexibility index (Phi) is 3.90. The third-order valence-corrected chi connectivity index (χ3v) is 6.04. The van der Waals surface area contributed by atoms with Gasteiger partial charge in [-0.05, 0) is 66.9 Å². The highest BCUT2D eigenvalue weighted by Gasteiger charge is 2.38. The molecular formula is C20H30O. The Bertz CT molecular complexity index is 485. The minimum absolute atomic E-state index is 0.370. The Balaban J connectivity index is 1.74. The van der Waals surface area contributed by atoms with Crippen LogP contribution in [0.2, 0.25) is 0 Å². The predicted molar refractivity (Wildman–Crippen MR) is 88.3 cm³/mol. The zero-order valence-corrected chi connectivity index (χ0v) is 13.9. The van der Waals surface area contributed by atoms with Gasteiger partial charge in [0.1, 0.15) is 0 Å². The molecule has 1 aromatic carbocycles. The van der Waals surface area contributed by atoms with Crippen molar-refractivity contribution in [3.05, 3.63) is 35.4 Å². The van der Waals surface area contributed by atoms with Crippen LogP contribution in [0.25, 0.3) is 0 Å². The van der Waals surface area contributed by atoms with Crippen LogP contribution in [0.5, 0.6) is 0 Å². The fraction of sp³-hybridized carbons (Fsp3) is 0.700. The molecule has 0 saturated heterocycles. The van der Waals surface area contributed by atoms with Crippen LogP contribution in [-0.4, -0.2) is 5.11 Å². The second kappa shape index (κ2) is 5.43. The summed E-state index contributed by atoms with van der Waals surface area (Å²) in [5.74, 6) is 1.49. The van der Waals surface area contributed by atoms with Crippen molar-refractivity contribution in [2.24, 2.45) is 11.3 Å². The molecule has 0 aromatic heterocycles. The van der Waals surface area contributed by atoms with Crippen molar-refractivity contribution in [3.8, 4) is 0 Å². The van der Waals surface area contributed by atoms with Crippen molar-refractivity contribution in [1.29, 1.82) is 0 Å². The van der Waals surface area contributed by atoms with Gasteiger partial charge in [0.05, 0.1) is 5.60 Å². The molecule has 1 N–H and O–H groups in total. The van der Waals surface area contributed by atoms with Crippen LogP contribution in [0.15, 0.2) is 24.3 Å². The Morgan fingerprint density at radius 2 is 1.71 bits per heavy atom. The van der Waals surface area contributed by atoms with E-state index in [4.69, 9.17) is 0 Å². The third kappa shape index (κ3) is 3.04. The lowest BCUT2D eigenvalue weighted by Crippen LogP contribution is -2.35. The second-order valence-corrected chi connectivity index (χ2v) is 8.43. The van der Waals surface area contributed by atoms with Crippen molar-refractivity contribution in [1.82, 2.24) is 0 Å². The highest BCUT2D eigenvalue weighted by Crippen LogP contribution is 2.46. The van der Waals surface area contributed by atoms with Crippen LogP contribution in [0, 0.1) is 11.3 Å².